The van der Waals surface area contributed by atoms with E-state index >= 15 is 0 Å². The Morgan fingerprint density at radius 3 is 2.53 bits per heavy atom. The largest absolute Gasteiger partial charge is 0.444 e. The summed E-state index contributed by atoms with van der Waals surface area (Å²) in [7, 11) is 0. The highest BCUT2D eigenvalue weighted by Crippen LogP contribution is 2.35. The number of rotatable bonds is 4. The molecular weight excluding hydrogens is 454 g/mol. The monoisotopic (exact) mass is 491 g/mol. The van der Waals surface area contributed by atoms with E-state index in [1.165, 1.54) is 32.1 Å². The molecule has 0 unspecified atom stereocenters. The average Bonchev–Trinajstić information content (AvgIpc) is 3.24. The number of hydrogen-bond acceptors (Lipinski definition) is 7. The first-order valence-corrected chi connectivity index (χ1v) is 13.3. The predicted molar refractivity (Wildman–Crippen MR) is 141 cm³/mol. The number of amides is 1. The minimum atomic E-state index is -0.514. The van der Waals surface area contributed by atoms with E-state index in [4.69, 9.17) is 9.72 Å². The Morgan fingerprint density at radius 1 is 1.06 bits per heavy atom. The molecule has 2 aliphatic carbocycles. The molecule has 0 aromatic carbocycles. The minimum Gasteiger partial charge on any atom is -0.444 e. The summed E-state index contributed by atoms with van der Waals surface area (Å²) in [6.07, 6.45) is 8.99. The number of piperazine rings is 1. The zero-order valence-electron chi connectivity index (χ0n) is 21.7. The molecule has 192 valence electrons. The summed E-state index contributed by atoms with van der Waals surface area (Å²) in [5.41, 5.74) is 3.16. The van der Waals surface area contributed by atoms with E-state index in [0.717, 1.165) is 40.4 Å². The van der Waals surface area contributed by atoms with E-state index in [1.807, 2.05) is 39.1 Å². The molecule has 1 amide bonds. The van der Waals surface area contributed by atoms with Crippen molar-refractivity contribution >= 4 is 23.5 Å². The third-order valence-electron chi connectivity index (χ3n) is 7.26. The van der Waals surface area contributed by atoms with Crippen molar-refractivity contribution in [2.24, 2.45) is 0 Å². The summed E-state index contributed by atoms with van der Waals surface area (Å²) in [6.45, 7) is 8.03. The van der Waals surface area contributed by atoms with Gasteiger partial charge < -0.3 is 19.9 Å². The number of ketones is 1. The van der Waals surface area contributed by atoms with Crippen molar-refractivity contribution < 1.29 is 14.3 Å². The smallest absolute Gasteiger partial charge is 0.410 e. The van der Waals surface area contributed by atoms with Gasteiger partial charge in [0.25, 0.3) is 0 Å². The molecule has 2 aromatic heterocycles. The van der Waals surface area contributed by atoms with E-state index < -0.39 is 5.60 Å². The van der Waals surface area contributed by atoms with Crippen molar-refractivity contribution in [3.63, 3.8) is 0 Å². The van der Waals surface area contributed by atoms with Crippen LogP contribution in [-0.4, -0.2) is 64.6 Å². The summed E-state index contributed by atoms with van der Waals surface area (Å²) >= 11 is 0. The third kappa shape index (κ3) is 5.47. The molecule has 0 spiro atoms. The van der Waals surface area contributed by atoms with Crippen molar-refractivity contribution in [3.8, 4) is 11.3 Å². The second-order valence-electron chi connectivity index (χ2n) is 11.1. The first-order valence-electron chi connectivity index (χ1n) is 13.3. The summed E-state index contributed by atoms with van der Waals surface area (Å²) in [5, 5.41) is 3.61. The van der Waals surface area contributed by atoms with Gasteiger partial charge in [-0.15, -0.1) is 0 Å². The van der Waals surface area contributed by atoms with Crippen molar-refractivity contribution in [1.29, 1.82) is 0 Å². The van der Waals surface area contributed by atoms with E-state index in [9.17, 15) is 9.59 Å². The van der Waals surface area contributed by atoms with Gasteiger partial charge in [-0.2, -0.15) is 0 Å². The van der Waals surface area contributed by atoms with Gasteiger partial charge in [0.05, 0.1) is 5.69 Å². The number of Topliss-reactive ketones (excluding diaryl/α,β-unsaturated/α-hetero) is 1. The van der Waals surface area contributed by atoms with Crippen LogP contribution in [0.2, 0.25) is 0 Å². The summed E-state index contributed by atoms with van der Waals surface area (Å²) in [4.78, 5) is 38.8. The Morgan fingerprint density at radius 2 is 1.81 bits per heavy atom. The highest BCUT2D eigenvalue weighted by atomic mass is 16.6. The quantitative estimate of drug-likeness (QED) is 0.638. The van der Waals surface area contributed by atoms with Crippen molar-refractivity contribution in [2.75, 3.05) is 36.4 Å². The zero-order valence-corrected chi connectivity index (χ0v) is 21.7. The maximum absolute atomic E-state index is 12.7. The average molecular weight is 492 g/mol. The topological polar surface area (TPSA) is 87.7 Å². The maximum atomic E-state index is 12.7. The molecule has 1 aliphatic heterocycles. The van der Waals surface area contributed by atoms with Crippen LogP contribution >= 0.6 is 0 Å². The van der Waals surface area contributed by atoms with Gasteiger partial charge in [-0.1, -0.05) is 19.3 Å². The van der Waals surface area contributed by atoms with E-state index in [0.29, 0.717) is 38.6 Å². The Balaban J connectivity index is 1.37. The minimum absolute atomic E-state index is 0.178. The van der Waals surface area contributed by atoms with Crippen LogP contribution in [-0.2, 0) is 11.2 Å². The lowest BCUT2D eigenvalue weighted by molar-refractivity contribution is 0.0240. The Labute approximate surface area is 213 Å². The molecule has 2 aromatic rings. The molecule has 3 heterocycles. The molecular formula is C28H37N5O3. The number of nitrogens with one attached hydrogen (secondary N) is 1. The van der Waals surface area contributed by atoms with Crippen molar-refractivity contribution in [2.45, 2.75) is 77.4 Å². The summed E-state index contributed by atoms with van der Waals surface area (Å²) < 4.78 is 5.53. The van der Waals surface area contributed by atoms with Crippen LogP contribution in [0.15, 0.2) is 24.4 Å². The number of ether oxygens (including phenoxy) is 1. The lowest BCUT2D eigenvalue weighted by Crippen LogP contribution is -2.50. The number of anilines is 2. The van der Waals surface area contributed by atoms with Crippen LogP contribution in [0.3, 0.4) is 0 Å². The van der Waals surface area contributed by atoms with Crippen LogP contribution in [0.1, 0.15) is 75.2 Å². The Bertz CT molecular complexity index is 1130. The van der Waals surface area contributed by atoms with E-state index in [-0.39, 0.29) is 11.9 Å². The second kappa shape index (κ2) is 10.1. The maximum Gasteiger partial charge on any atom is 0.410 e. The van der Waals surface area contributed by atoms with Crippen molar-refractivity contribution in [1.82, 2.24) is 14.9 Å². The number of pyridine rings is 2. The standard InChI is InChI=1S/C28H37N5O3/c1-28(2,3)36-27(35)33-15-13-32(14-16-33)25-18-22-21(9-10-23(22)34)26(31-25)19-11-12-29-24(17-19)30-20-7-5-4-6-8-20/h11-12,17-18,20H,4-10,13-16H2,1-3H3,(H,29,30). The third-order valence-corrected chi connectivity index (χ3v) is 7.26. The molecule has 36 heavy (non-hydrogen) atoms. The van der Waals surface area contributed by atoms with Gasteiger partial charge in [0.1, 0.15) is 17.2 Å². The zero-order chi connectivity index (χ0) is 25.3. The number of nitrogens with zero attached hydrogens (tertiary/aromatic N) is 4. The first kappa shape index (κ1) is 24.5. The molecule has 2 fully saturated rings. The van der Waals surface area contributed by atoms with Gasteiger partial charge in [0.2, 0.25) is 0 Å². The SMILES string of the molecule is CC(C)(C)OC(=O)N1CCN(c2cc3c(c(-c4ccnc(NC5CCCCC5)c4)n2)CCC3=O)CC1. The van der Waals surface area contributed by atoms with Gasteiger partial charge in [-0.3, -0.25) is 4.79 Å². The molecule has 0 atom stereocenters. The lowest BCUT2D eigenvalue weighted by Gasteiger charge is -2.36. The Hall–Kier alpha value is -3.16. The van der Waals surface area contributed by atoms with Crippen LogP contribution in [0, 0.1) is 0 Å². The molecule has 5 rings (SSSR count). The molecule has 0 bridgehead atoms. The fourth-order valence-corrected chi connectivity index (χ4v) is 5.39. The van der Waals surface area contributed by atoms with Crippen LogP contribution in [0.5, 0.6) is 0 Å². The number of fused-ring (bicyclic) bond motifs is 1. The molecule has 8 heteroatoms. The fraction of sp³-hybridized carbons (Fsp3) is 0.571. The van der Waals surface area contributed by atoms with Gasteiger partial charge in [0.15, 0.2) is 5.78 Å². The summed E-state index contributed by atoms with van der Waals surface area (Å²) in [5.74, 6) is 1.84. The fourth-order valence-electron chi connectivity index (χ4n) is 5.39. The molecule has 8 nitrogen and oxygen atoms in total. The highest BCUT2D eigenvalue weighted by molar-refractivity contribution is 6.02. The highest BCUT2D eigenvalue weighted by Gasteiger charge is 2.30. The number of aromatic nitrogens is 2. The van der Waals surface area contributed by atoms with Gasteiger partial charge in [-0.25, -0.2) is 14.8 Å². The molecule has 3 aliphatic rings. The normalized spacial score (nSPS) is 18.8. The molecule has 1 saturated heterocycles. The Kier molecular flexibility index (Phi) is 6.86. The van der Waals surface area contributed by atoms with Gasteiger partial charge >= 0.3 is 6.09 Å². The lowest BCUT2D eigenvalue weighted by atomic mass is 9.95. The van der Waals surface area contributed by atoms with Gasteiger partial charge in [0, 0.05) is 56.0 Å². The van der Waals surface area contributed by atoms with E-state index in [2.05, 4.69) is 21.3 Å². The second-order valence-corrected chi connectivity index (χ2v) is 11.1. The van der Waals surface area contributed by atoms with Crippen molar-refractivity contribution in [3.05, 3.63) is 35.5 Å². The molecule has 1 N–H and O–H groups in total. The molecule has 0 radical (unpaired) electrons. The van der Waals surface area contributed by atoms with Crippen LogP contribution in [0.4, 0.5) is 16.4 Å². The summed E-state index contributed by atoms with van der Waals surface area (Å²) in [6, 6.07) is 6.47. The number of carbonyl (C=O) groups is 2. The molecule has 1 saturated carbocycles. The predicted octanol–water partition coefficient (Wildman–Crippen LogP) is 5.07. The van der Waals surface area contributed by atoms with Crippen LogP contribution < -0.4 is 10.2 Å². The van der Waals surface area contributed by atoms with E-state index in [1.54, 1.807) is 4.90 Å². The number of hydrogen-bond donors (Lipinski definition) is 1. The van der Waals surface area contributed by atoms with Crippen LogP contribution in [0.25, 0.3) is 11.3 Å². The van der Waals surface area contributed by atoms with Gasteiger partial charge in [-0.05, 0) is 63.8 Å². The number of carbonyl (C=O) groups excluding carboxylic acids is 2. The first-order chi connectivity index (χ1) is 17.3.